The number of halogens is 1. The first-order chi connectivity index (χ1) is 12.5. The fraction of sp³-hybridized carbons (Fsp3) is 0.450. The molecule has 0 spiro atoms. The van der Waals surface area contributed by atoms with Crippen LogP contribution in [0, 0.1) is 35.5 Å². The molecule has 5 aliphatic rings. The predicted octanol–water partition coefficient (Wildman–Crippen LogP) is 2.72. The first-order valence-electron chi connectivity index (χ1n) is 9.09. The molecule has 4 aliphatic carbocycles. The molecule has 2 bridgehead atoms. The Labute approximate surface area is 156 Å². The molecule has 1 aromatic carbocycles. The molecule has 1 aromatic rings. The third-order valence-electron chi connectivity index (χ3n) is 6.60. The molecule has 1 saturated heterocycles. The van der Waals surface area contributed by atoms with E-state index in [1.54, 1.807) is 31.2 Å². The van der Waals surface area contributed by atoms with Gasteiger partial charge in [-0.1, -0.05) is 35.9 Å². The molecule has 0 aromatic heterocycles. The molecule has 0 unspecified atom stereocenters. The highest BCUT2D eigenvalue weighted by Crippen LogP contribution is 2.65. The molecule has 5 nitrogen and oxygen atoms in total. The second-order valence-corrected chi connectivity index (χ2v) is 8.25. The number of anilines is 1. The summed E-state index contributed by atoms with van der Waals surface area (Å²) in [5, 5.41) is 3.15. The molecule has 26 heavy (non-hydrogen) atoms. The summed E-state index contributed by atoms with van der Waals surface area (Å²) in [7, 11) is 0. The molecule has 3 fully saturated rings. The second kappa shape index (κ2) is 5.43. The third kappa shape index (κ3) is 2.07. The van der Waals surface area contributed by atoms with Crippen LogP contribution in [-0.4, -0.2) is 28.7 Å². The Kier molecular flexibility index (Phi) is 3.35. The molecule has 1 aliphatic heterocycles. The Bertz CT molecular complexity index is 830. The first kappa shape index (κ1) is 16.1. The van der Waals surface area contributed by atoms with Gasteiger partial charge >= 0.3 is 0 Å². The van der Waals surface area contributed by atoms with E-state index in [4.69, 9.17) is 11.6 Å². The van der Waals surface area contributed by atoms with E-state index < -0.39 is 11.9 Å². The zero-order chi connectivity index (χ0) is 18.2. The topological polar surface area (TPSA) is 66.5 Å². The molecule has 6 rings (SSSR count). The zero-order valence-electron chi connectivity index (χ0n) is 14.3. The van der Waals surface area contributed by atoms with E-state index in [1.807, 2.05) is 0 Å². The van der Waals surface area contributed by atoms with Crippen molar-refractivity contribution in [3.05, 3.63) is 41.4 Å². The number of hydrogen-bond donors (Lipinski definition) is 1. The highest BCUT2D eigenvalue weighted by atomic mass is 35.5. The highest BCUT2D eigenvalue weighted by molar-refractivity contribution is 6.33. The number of nitrogens with zero attached hydrogens (tertiary/aromatic N) is 1. The standard InChI is InChI=1S/C20H19ClN2O3/c1-9(18(24)22-15-5-3-2-4-14(15)21)23-19(25)16-10-6-7-11(13-8-12(10)13)17(16)20(23)26/h2-7,9-13,16-17H,8H2,1H3,(H,22,24)/t9-,10+,11+,12-,13+,16-,17-/m1/s1. The van der Waals surface area contributed by atoms with Crippen molar-refractivity contribution in [1.29, 1.82) is 0 Å². The summed E-state index contributed by atoms with van der Waals surface area (Å²) < 4.78 is 0. The lowest BCUT2D eigenvalue weighted by Crippen LogP contribution is -2.46. The summed E-state index contributed by atoms with van der Waals surface area (Å²) in [6, 6.07) is 6.06. The number of hydrogen-bond acceptors (Lipinski definition) is 3. The van der Waals surface area contributed by atoms with E-state index in [-0.39, 0.29) is 35.5 Å². The largest absolute Gasteiger partial charge is 0.323 e. The number of carbonyl (C=O) groups excluding carboxylic acids is 3. The number of carbonyl (C=O) groups is 3. The summed E-state index contributed by atoms with van der Waals surface area (Å²) in [5.41, 5.74) is 0.477. The van der Waals surface area contributed by atoms with Crippen LogP contribution in [0.5, 0.6) is 0 Å². The van der Waals surface area contributed by atoms with Crippen molar-refractivity contribution in [3.63, 3.8) is 0 Å². The monoisotopic (exact) mass is 370 g/mol. The SMILES string of the molecule is C[C@H](C(=O)Nc1ccccc1Cl)N1C(=O)[C@@H]2[C@H]3C=C[C@@H]([C@@H]4C[C@H]34)[C@H]2C1=O. The van der Waals surface area contributed by atoms with Crippen LogP contribution in [0.1, 0.15) is 13.3 Å². The van der Waals surface area contributed by atoms with Crippen molar-refractivity contribution in [1.82, 2.24) is 4.90 Å². The number of para-hydroxylation sites is 1. The number of likely N-dealkylation sites (tertiary alicyclic amines) is 1. The summed E-state index contributed by atoms with van der Waals surface area (Å²) in [6.45, 7) is 1.61. The lowest BCUT2D eigenvalue weighted by Gasteiger charge is -2.37. The predicted molar refractivity (Wildman–Crippen MR) is 96.1 cm³/mol. The third-order valence-corrected chi connectivity index (χ3v) is 6.92. The summed E-state index contributed by atoms with van der Waals surface area (Å²) in [6.07, 6.45) is 5.38. The minimum Gasteiger partial charge on any atom is -0.323 e. The number of benzene rings is 1. The van der Waals surface area contributed by atoms with Crippen LogP contribution >= 0.6 is 11.6 Å². The zero-order valence-corrected chi connectivity index (χ0v) is 15.0. The van der Waals surface area contributed by atoms with Crippen LogP contribution in [0.2, 0.25) is 5.02 Å². The highest BCUT2D eigenvalue weighted by Gasteiger charge is 2.67. The molecular weight excluding hydrogens is 352 g/mol. The number of amides is 3. The van der Waals surface area contributed by atoms with Crippen molar-refractivity contribution in [2.24, 2.45) is 35.5 Å². The maximum absolute atomic E-state index is 13.0. The normalized spacial score (nSPS) is 37.4. The van der Waals surface area contributed by atoms with Gasteiger partial charge in [0.2, 0.25) is 17.7 Å². The molecule has 2 saturated carbocycles. The van der Waals surface area contributed by atoms with Gasteiger partial charge < -0.3 is 5.32 Å². The van der Waals surface area contributed by atoms with Crippen molar-refractivity contribution in [2.75, 3.05) is 5.32 Å². The van der Waals surface area contributed by atoms with Gasteiger partial charge in [-0.2, -0.15) is 0 Å². The van der Waals surface area contributed by atoms with Crippen molar-refractivity contribution in [3.8, 4) is 0 Å². The van der Waals surface area contributed by atoms with Gasteiger partial charge in [0.25, 0.3) is 0 Å². The second-order valence-electron chi connectivity index (χ2n) is 7.85. The minimum atomic E-state index is -0.854. The molecule has 134 valence electrons. The number of allylic oxidation sites excluding steroid dienone is 2. The van der Waals surface area contributed by atoms with Crippen LogP contribution in [0.15, 0.2) is 36.4 Å². The van der Waals surface area contributed by atoms with Gasteiger partial charge in [-0.05, 0) is 49.1 Å². The van der Waals surface area contributed by atoms with E-state index in [9.17, 15) is 14.4 Å². The fourth-order valence-electron chi connectivity index (χ4n) is 5.28. The van der Waals surface area contributed by atoms with E-state index >= 15 is 0 Å². The Hall–Kier alpha value is -2.14. The van der Waals surface area contributed by atoms with Crippen LogP contribution in [-0.2, 0) is 14.4 Å². The van der Waals surface area contributed by atoms with Gasteiger partial charge in [0.05, 0.1) is 22.5 Å². The lowest BCUT2D eigenvalue weighted by molar-refractivity contribution is -0.146. The summed E-state index contributed by atoms with van der Waals surface area (Å²) in [5.74, 6) is 0.0894. The van der Waals surface area contributed by atoms with E-state index in [2.05, 4.69) is 17.5 Å². The maximum Gasteiger partial charge on any atom is 0.247 e. The number of nitrogens with one attached hydrogen (secondary N) is 1. The molecule has 7 atom stereocenters. The minimum absolute atomic E-state index is 0.162. The van der Waals surface area contributed by atoms with Crippen LogP contribution in [0.3, 0.4) is 0 Å². The summed E-state index contributed by atoms with van der Waals surface area (Å²) in [4.78, 5) is 39.9. The molecule has 3 amide bonds. The molecule has 1 heterocycles. The average molecular weight is 371 g/mol. The van der Waals surface area contributed by atoms with E-state index in [1.165, 1.54) is 4.90 Å². The Morgan fingerprint density at radius 2 is 1.69 bits per heavy atom. The Morgan fingerprint density at radius 1 is 1.12 bits per heavy atom. The number of imide groups is 1. The Balaban J connectivity index is 1.39. The smallest absolute Gasteiger partial charge is 0.247 e. The lowest BCUT2D eigenvalue weighted by atomic mass is 9.63. The average Bonchev–Trinajstić information content (AvgIpc) is 3.41. The molecule has 1 N–H and O–H groups in total. The quantitative estimate of drug-likeness (QED) is 0.657. The van der Waals surface area contributed by atoms with Crippen LogP contribution in [0.25, 0.3) is 0 Å². The summed E-state index contributed by atoms with van der Waals surface area (Å²) >= 11 is 6.09. The fourth-order valence-corrected chi connectivity index (χ4v) is 5.46. The molecule has 6 heteroatoms. The van der Waals surface area contributed by atoms with Crippen molar-refractivity contribution < 1.29 is 14.4 Å². The van der Waals surface area contributed by atoms with Gasteiger partial charge in [-0.3, -0.25) is 19.3 Å². The van der Waals surface area contributed by atoms with Gasteiger partial charge in [-0.15, -0.1) is 0 Å². The van der Waals surface area contributed by atoms with Gasteiger partial charge in [-0.25, -0.2) is 0 Å². The molecular formula is C20H19ClN2O3. The maximum atomic E-state index is 13.0. The molecule has 0 radical (unpaired) electrons. The van der Waals surface area contributed by atoms with Crippen molar-refractivity contribution >= 4 is 35.0 Å². The first-order valence-corrected chi connectivity index (χ1v) is 9.47. The van der Waals surface area contributed by atoms with Crippen LogP contribution in [0.4, 0.5) is 5.69 Å². The van der Waals surface area contributed by atoms with Gasteiger partial charge in [0.15, 0.2) is 0 Å². The van der Waals surface area contributed by atoms with Gasteiger partial charge in [0, 0.05) is 0 Å². The van der Waals surface area contributed by atoms with E-state index in [0.717, 1.165) is 6.42 Å². The number of rotatable bonds is 3. The van der Waals surface area contributed by atoms with E-state index in [0.29, 0.717) is 22.5 Å². The Morgan fingerprint density at radius 3 is 2.27 bits per heavy atom. The van der Waals surface area contributed by atoms with Crippen LogP contribution < -0.4 is 5.32 Å². The van der Waals surface area contributed by atoms with Gasteiger partial charge in [0.1, 0.15) is 6.04 Å². The van der Waals surface area contributed by atoms with Crippen molar-refractivity contribution in [2.45, 2.75) is 19.4 Å².